The molecule has 1 aliphatic rings. The van der Waals surface area contributed by atoms with Gasteiger partial charge in [0.25, 0.3) is 0 Å². The van der Waals surface area contributed by atoms with Gasteiger partial charge in [-0.25, -0.2) is 9.79 Å². The second-order valence-corrected chi connectivity index (χ2v) is 4.43. The van der Waals surface area contributed by atoms with Crippen LogP contribution in [-0.4, -0.2) is 24.4 Å². The van der Waals surface area contributed by atoms with E-state index in [1.165, 1.54) is 11.2 Å². The molecule has 1 aromatic heterocycles. The summed E-state index contributed by atoms with van der Waals surface area (Å²) in [7, 11) is 1.56. The second kappa shape index (κ2) is 4.86. The summed E-state index contributed by atoms with van der Waals surface area (Å²) in [6.45, 7) is 0. The number of benzene rings is 1. The van der Waals surface area contributed by atoms with E-state index in [0.29, 0.717) is 16.7 Å². The minimum absolute atomic E-state index is 0.227. The molecule has 0 spiro atoms. The van der Waals surface area contributed by atoms with Gasteiger partial charge in [-0.3, -0.25) is 4.90 Å². The number of carbonyl (C=O) groups is 1. The topological polar surface area (TPSA) is 101 Å². The molecule has 0 radical (unpaired) electrons. The molecule has 1 atom stereocenters. The summed E-state index contributed by atoms with van der Waals surface area (Å²) in [4.78, 5) is 17.0. The van der Waals surface area contributed by atoms with Crippen LogP contribution in [0.1, 0.15) is 0 Å². The van der Waals surface area contributed by atoms with Crippen LogP contribution in [0.15, 0.2) is 46.0 Å². The summed E-state index contributed by atoms with van der Waals surface area (Å²) < 4.78 is 10.2. The molecule has 0 saturated carbocycles. The van der Waals surface area contributed by atoms with Crippen LogP contribution in [0.4, 0.5) is 5.69 Å². The molecular weight excluding hydrogens is 274 g/mol. The summed E-state index contributed by atoms with van der Waals surface area (Å²) >= 11 is 0. The molecule has 7 nitrogen and oxygen atoms in total. The fraction of sp³-hybridized carbons (Fsp3) is 0.143. The molecule has 21 heavy (non-hydrogen) atoms. The van der Waals surface area contributed by atoms with Crippen LogP contribution in [0.2, 0.25) is 0 Å². The van der Waals surface area contributed by atoms with Crippen molar-refractivity contribution in [1.29, 1.82) is 0 Å². The Bertz CT molecular complexity index is 794. The van der Waals surface area contributed by atoms with Crippen LogP contribution in [-0.2, 0) is 4.79 Å². The van der Waals surface area contributed by atoms with Crippen LogP contribution in [0, 0.1) is 0 Å². The maximum absolute atomic E-state index is 11.5. The monoisotopic (exact) mass is 287 g/mol. The lowest BCUT2D eigenvalue weighted by Crippen LogP contribution is -2.50. The molecule has 2 aromatic rings. The van der Waals surface area contributed by atoms with Gasteiger partial charge in [-0.05, 0) is 30.3 Å². The average molecular weight is 287 g/mol. The number of fused-ring (bicyclic) bond motifs is 1. The van der Waals surface area contributed by atoms with Crippen molar-refractivity contribution in [2.24, 2.45) is 10.7 Å². The van der Waals surface area contributed by atoms with Gasteiger partial charge in [0.05, 0.1) is 18.6 Å². The zero-order valence-corrected chi connectivity index (χ0v) is 11.2. The smallest absolute Gasteiger partial charge is 0.349 e. The Labute approximate surface area is 119 Å². The van der Waals surface area contributed by atoms with Crippen molar-refractivity contribution in [3.63, 3.8) is 0 Å². The Hall–Kier alpha value is -2.96. The van der Waals surface area contributed by atoms with Crippen LogP contribution < -0.4 is 26.1 Å². The quantitative estimate of drug-likeness (QED) is 0.815. The third kappa shape index (κ3) is 2.08. The van der Waals surface area contributed by atoms with Gasteiger partial charge >= 0.3 is 5.97 Å². The highest BCUT2D eigenvalue weighted by atomic mass is 16.5. The Morgan fingerprint density at radius 3 is 2.71 bits per heavy atom. The predicted molar refractivity (Wildman–Crippen MR) is 74.0 cm³/mol. The number of furan rings is 1. The van der Waals surface area contributed by atoms with Crippen molar-refractivity contribution < 1.29 is 19.1 Å². The molecule has 7 heteroatoms. The van der Waals surface area contributed by atoms with Crippen molar-refractivity contribution in [3.05, 3.63) is 47.4 Å². The van der Waals surface area contributed by atoms with E-state index < -0.39 is 12.1 Å². The third-order valence-electron chi connectivity index (χ3n) is 3.24. The molecule has 1 aliphatic heterocycles. The largest absolute Gasteiger partial charge is 0.497 e. The molecule has 108 valence electrons. The van der Waals surface area contributed by atoms with E-state index in [0.717, 1.165) is 0 Å². The molecule has 3 N–H and O–H groups in total. The Kier molecular flexibility index (Phi) is 3.02. The summed E-state index contributed by atoms with van der Waals surface area (Å²) in [6.07, 6.45) is 0.259. The molecule has 0 aliphatic carbocycles. The summed E-state index contributed by atoms with van der Waals surface area (Å²) in [5.74, 6) is -0.163. The standard InChI is InChI=1S/C14H13N3O4/c1-20-9-4-2-8(3-5-9)17-11(15)10-6-7-21-13(10)16-12(17)14(18)19/h2-7,12H,15H2,1H3,(H,18,19). The van der Waals surface area contributed by atoms with Gasteiger partial charge in [0.15, 0.2) is 0 Å². The first-order chi connectivity index (χ1) is 10.1. The number of hydrogen-bond acceptors (Lipinski definition) is 6. The molecule has 2 heterocycles. The molecule has 3 rings (SSSR count). The lowest BCUT2D eigenvalue weighted by molar-refractivity contribution is -0.138. The highest BCUT2D eigenvalue weighted by Crippen LogP contribution is 2.24. The highest BCUT2D eigenvalue weighted by Gasteiger charge is 2.31. The van der Waals surface area contributed by atoms with Crippen molar-refractivity contribution in [2.75, 3.05) is 12.0 Å². The predicted octanol–water partition coefficient (Wildman–Crippen LogP) is -0.137. The van der Waals surface area contributed by atoms with E-state index in [2.05, 4.69) is 4.99 Å². The zero-order chi connectivity index (χ0) is 15.0. The number of ether oxygens (including phenoxy) is 1. The fourth-order valence-electron chi connectivity index (χ4n) is 2.22. The van der Waals surface area contributed by atoms with E-state index in [4.69, 9.17) is 14.9 Å². The molecule has 0 amide bonds. The molecule has 0 saturated heterocycles. The van der Waals surface area contributed by atoms with Gasteiger partial charge in [0.2, 0.25) is 11.7 Å². The van der Waals surface area contributed by atoms with Crippen molar-refractivity contribution in [3.8, 4) is 5.75 Å². The first-order valence-corrected chi connectivity index (χ1v) is 6.19. The first-order valence-electron chi connectivity index (χ1n) is 6.19. The Morgan fingerprint density at radius 2 is 2.10 bits per heavy atom. The number of methoxy groups -OCH3 is 1. The molecule has 0 fully saturated rings. The Morgan fingerprint density at radius 1 is 1.38 bits per heavy atom. The van der Waals surface area contributed by atoms with Crippen molar-refractivity contribution >= 4 is 17.5 Å². The van der Waals surface area contributed by atoms with E-state index in [1.54, 1.807) is 37.4 Å². The molecule has 1 unspecified atom stereocenters. The second-order valence-electron chi connectivity index (χ2n) is 4.43. The van der Waals surface area contributed by atoms with Gasteiger partial charge in [0, 0.05) is 5.69 Å². The van der Waals surface area contributed by atoms with Crippen molar-refractivity contribution in [2.45, 2.75) is 6.17 Å². The highest BCUT2D eigenvalue weighted by molar-refractivity contribution is 5.84. The minimum atomic E-state index is -1.17. The zero-order valence-electron chi connectivity index (χ0n) is 11.2. The number of anilines is 1. The molecule has 1 aromatic carbocycles. The summed E-state index contributed by atoms with van der Waals surface area (Å²) in [5, 5.41) is 9.95. The Balaban J connectivity index is 2.16. The summed E-state index contributed by atoms with van der Waals surface area (Å²) in [6, 6.07) is 8.56. The maximum Gasteiger partial charge on any atom is 0.349 e. The first kappa shape index (κ1) is 13.0. The number of aliphatic carboxylic acids is 1. The lowest BCUT2D eigenvalue weighted by Gasteiger charge is -2.29. The average Bonchev–Trinajstić information content (AvgIpc) is 2.96. The van der Waals surface area contributed by atoms with E-state index in [9.17, 15) is 9.90 Å². The normalized spacial score (nSPS) is 17.1. The van der Waals surface area contributed by atoms with Gasteiger partial charge in [-0.1, -0.05) is 0 Å². The van der Waals surface area contributed by atoms with Gasteiger partial charge < -0.3 is 20.0 Å². The molecular formula is C14H13N3O4. The summed E-state index contributed by atoms with van der Waals surface area (Å²) in [5.41, 5.74) is 6.93. The van der Waals surface area contributed by atoms with Crippen LogP contribution >= 0.6 is 0 Å². The van der Waals surface area contributed by atoms with Gasteiger partial charge in [-0.2, -0.15) is 0 Å². The number of carboxylic acid groups (broad SMARTS) is 1. The van der Waals surface area contributed by atoms with Gasteiger partial charge in [0.1, 0.15) is 11.6 Å². The third-order valence-corrected chi connectivity index (χ3v) is 3.24. The lowest BCUT2D eigenvalue weighted by atomic mass is 10.2. The number of hydrogen-bond donors (Lipinski definition) is 2. The minimum Gasteiger partial charge on any atom is -0.497 e. The number of nitrogens with two attached hydrogens (primary N) is 1. The van der Waals surface area contributed by atoms with Crippen molar-refractivity contribution in [1.82, 2.24) is 0 Å². The maximum atomic E-state index is 11.5. The SMILES string of the molecule is COc1ccc(N2C(N)=c3ccoc3=NC2C(=O)O)cc1. The number of nitrogens with zero attached hydrogens (tertiary/aromatic N) is 2. The molecule has 0 bridgehead atoms. The number of carboxylic acids is 1. The van der Waals surface area contributed by atoms with Crippen LogP contribution in [0.5, 0.6) is 5.75 Å². The van der Waals surface area contributed by atoms with Crippen LogP contribution in [0.3, 0.4) is 0 Å². The van der Waals surface area contributed by atoms with Crippen LogP contribution in [0.25, 0.3) is 5.82 Å². The van der Waals surface area contributed by atoms with Gasteiger partial charge in [-0.15, -0.1) is 0 Å². The fourth-order valence-corrected chi connectivity index (χ4v) is 2.22. The van der Waals surface area contributed by atoms with E-state index in [1.807, 2.05) is 0 Å². The van der Waals surface area contributed by atoms with E-state index in [-0.39, 0.29) is 11.4 Å². The van der Waals surface area contributed by atoms with E-state index >= 15 is 0 Å². The number of rotatable bonds is 3.